The number of aliphatic carboxylic acids is 1. The summed E-state index contributed by atoms with van der Waals surface area (Å²) in [6, 6.07) is 4.18. The van der Waals surface area contributed by atoms with Crippen molar-refractivity contribution in [1.82, 2.24) is 0 Å². The molecule has 0 saturated carbocycles. The van der Waals surface area contributed by atoms with Gasteiger partial charge < -0.3 is 27.4 Å². The molecule has 8 N–H and O–H groups in total. The Labute approximate surface area is 102 Å². The highest BCUT2D eigenvalue weighted by molar-refractivity contribution is 5.93. The van der Waals surface area contributed by atoms with Crippen LogP contribution in [-0.4, -0.2) is 28.1 Å². The van der Waals surface area contributed by atoms with Crippen LogP contribution in [0.5, 0.6) is 5.75 Å². The molecule has 0 fully saturated rings. The molecule has 0 atom stereocenters. The summed E-state index contributed by atoms with van der Waals surface area (Å²) < 4.78 is 0. The quantitative estimate of drug-likeness (QED) is 0.350. The summed E-state index contributed by atoms with van der Waals surface area (Å²) in [4.78, 5) is 17.8. The number of aliphatic imine (C=N–C) groups is 2. The molecule has 96 valence electrons. The first-order valence-corrected chi connectivity index (χ1v) is 4.86. The van der Waals surface area contributed by atoms with Gasteiger partial charge in [-0.25, -0.2) is 4.99 Å². The van der Waals surface area contributed by atoms with E-state index in [1.165, 1.54) is 18.2 Å². The molecule has 0 bridgehead atoms. The predicted molar refractivity (Wildman–Crippen MR) is 66.5 cm³/mol. The number of nitrogens with two attached hydrogens (primary N) is 3. The first-order valence-electron chi connectivity index (χ1n) is 4.86. The minimum Gasteiger partial charge on any atom is -0.506 e. The molecule has 0 aliphatic heterocycles. The summed E-state index contributed by atoms with van der Waals surface area (Å²) >= 11 is 0. The number of hydrogen-bond donors (Lipinski definition) is 5. The summed E-state index contributed by atoms with van der Waals surface area (Å²) in [6.45, 7) is 0. The van der Waals surface area contributed by atoms with Crippen LogP contribution in [0.1, 0.15) is 5.56 Å². The second-order valence-electron chi connectivity index (χ2n) is 3.40. The molecule has 0 radical (unpaired) electrons. The molecule has 1 rings (SSSR count). The number of phenolic OH excluding ortho intramolecular Hbond substituents is 1. The van der Waals surface area contributed by atoms with E-state index in [0.29, 0.717) is 5.56 Å². The monoisotopic (exact) mass is 251 g/mol. The number of phenols is 1. The van der Waals surface area contributed by atoms with Gasteiger partial charge >= 0.3 is 5.97 Å². The number of benzene rings is 1. The zero-order valence-electron chi connectivity index (χ0n) is 9.37. The van der Waals surface area contributed by atoms with Crippen LogP contribution < -0.4 is 17.2 Å². The van der Waals surface area contributed by atoms with Crippen LogP contribution in [0.3, 0.4) is 0 Å². The molecular formula is C10H13N5O3. The third kappa shape index (κ3) is 4.00. The Kier molecular flexibility index (Phi) is 4.08. The lowest BCUT2D eigenvalue weighted by Gasteiger charge is -2.02. The van der Waals surface area contributed by atoms with Gasteiger partial charge in [0.25, 0.3) is 0 Å². The Balaban J connectivity index is 3.08. The van der Waals surface area contributed by atoms with E-state index in [2.05, 4.69) is 9.98 Å². The molecule has 8 heteroatoms. The third-order valence-electron chi connectivity index (χ3n) is 1.87. The number of carboxylic acids is 1. The van der Waals surface area contributed by atoms with Gasteiger partial charge in [0.15, 0.2) is 5.96 Å². The zero-order valence-corrected chi connectivity index (χ0v) is 9.37. The number of carbonyl (C=O) groups is 1. The molecule has 0 heterocycles. The average molecular weight is 251 g/mol. The van der Waals surface area contributed by atoms with E-state index in [1.54, 1.807) is 0 Å². The van der Waals surface area contributed by atoms with Crippen molar-refractivity contribution in [2.24, 2.45) is 27.2 Å². The van der Waals surface area contributed by atoms with Gasteiger partial charge in [-0.1, -0.05) is 6.07 Å². The van der Waals surface area contributed by atoms with Crippen LogP contribution in [0.15, 0.2) is 28.2 Å². The molecule has 0 amide bonds. The highest BCUT2D eigenvalue weighted by Gasteiger charge is 2.05. The lowest BCUT2D eigenvalue weighted by atomic mass is 10.1. The SMILES string of the molecule is NC(N)=NC(N)=Nc1cc(CC(=O)O)ccc1O. The summed E-state index contributed by atoms with van der Waals surface area (Å²) in [5.74, 6) is -1.65. The molecule has 0 unspecified atom stereocenters. The highest BCUT2D eigenvalue weighted by Crippen LogP contribution is 2.27. The Morgan fingerprint density at radius 3 is 2.50 bits per heavy atom. The average Bonchev–Trinajstić information content (AvgIpc) is 2.21. The van der Waals surface area contributed by atoms with Crippen molar-refractivity contribution in [3.05, 3.63) is 23.8 Å². The Morgan fingerprint density at radius 1 is 1.28 bits per heavy atom. The maximum atomic E-state index is 10.6. The molecule has 18 heavy (non-hydrogen) atoms. The first kappa shape index (κ1) is 13.3. The van der Waals surface area contributed by atoms with Gasteiger partial charge in [0.05, 0.1) is 6.42 Å². The normalized spacial score (nSPS) is 11.0. The molecule has 8 nitrogen and oxygen atoms in total. The summed E-state index contributed by atoms with van der Waals surface area (Å²) in [6.07, 6.45) is -0.189. The standard InChI is InChI=1S/C10H13N5O3/c11-9(12)15-10(13)14-6-3-5(4-8(17)18)1-2-7(6)16/h1-3,16H,4H2,(H,17,18)(H6,11,12,13,14,15). The summed E-state index contributed by atoms with van der Waals surface area (Å²) in [7, 11) is 0. The van der Waals surface area contributed by atoms with Crippen molar-refractivity contribution in [3.63, 3.8) is 0 Å². The molecule has 0 aliphatic carbocycles. The lowest BCUT2D eigenvalue weighted by Crippen LogP contribution is -2.26. The van der Waals surface area contributed by atoms with Crippen LogP contribution in [0.4, 0.5) is 5.69 Å². The van der Waals surface area contributed by atoms with E-state index < -0.39 is 5.97 Å². The van der Waals surface area contributed by atoms with Crippen LogP contribution in [0.25, 0.3) is 0 Å². The molecule has 1 aromatic rings. The largest absolute Gasteiger partial charge is 0.506 e. The van der Waals surface area contributed by atoms with Gasteiger partial charge in [0, 0.05) is 0 Å². The summed E-state index contributed by atoms with van der Waals surface area (Å²) in [5.41, 5.74) is 16.2. The van der Waals surface area contributed by atoms with Gasteiger partial charge in [-0.15, -0.1) is 0 Å². The topological polar surface area (TPSA) is 160 Å². The molecule has 0 aromatic heterocycles. The van der Waals surface area contributed by atoms with Crippen molar-refractivity contribution in [2.75, 3.05) is 0 Å². The van der Waals surface area contributed by atoms with E-state index in [9.17, 15) is 9.90 Å². The number of carboxylic acid groups (broad SMARTS) is 1. The van der Waals surface area contributed by atoms with Crippen molar-refractivity contribution < 1.29 is 15.0 Å². The first-order chi connectivity index (χ1) is 8.38. The maximum absolute atomic E-state index is 10.6. The van der Waals surface area contributed by atoms with Crippen LogP contribution in [-0.2, 0) is 11.2 Å². The lowest BCUT2D eigenvalue weighted by molar-refractivity contribution is -0.136. The maximum Gasteiger partial charge on any atom is 0.307 e. The minimum atomic E-state index is -0.993. The third-order valence-corrected chi connectivity index (χ3v) is 1.87. The van der Waals surface area contributed by atoms with E-state index in [4.69, 9.17) is 22.3 Å². The molecule has 0 spiro atoms. The second-order valence-corrected chi connectivity index (χ2v) is 3.40. The number of hydrogen-bond acceptors (Lipinski definition) is 3. The van der Waals surface area contributed by atoms with Gasteiger partial charge in [0.1, 0.15) is 11.4 Å². The van der Waals surface area contributed by atoms with Crippen molar-refractivity contribution in [1.29, 1.82) is 0 Å². The van der Waals surface area contributed by atoms with E-state index in [1.807, 2.05) is 0 Å². The van der Waals surface area contributed by atoms with E-state index in [-0.39, 0.29) is 29.8 Å². The van der Waals surface area contributed by atoms with Gasteiger partial charge in [-0.3, -0.25) is 4.79 Å². The highest BCUT2D eigenvalue weighted by atomic mass is 16.4. The Hall–Kier alpha value is -2.77. The number of guanidine groups is 2. The Bertz CT molecular complexity index is 520. The number of nitrogens with zero attached hydrogens (tertiary/aromatic N) is 2. The van der Waals surface area contributed by atoms with Crippen LogP contribution in [0.2, 0.25) is 0 Å². The Morgan fingerprint density at radius 2 is 1.94 bits per heavy atom. The molecule has 0 aliphatic rings. The van der Waals surface area contributed by atoms with Gasteiger partial charge in [0.2, 0.25) is 5.96 Å². The number of rotatable bonds is 3. The molecule has 0 saturated heterocycles. The van der Waals surface area contributed by atoms with Crippen molar-refractivity contribution in [3.8, 4) is 5.75 Å². The predicted octanol–water partition coefficient (Wildman–Crippen LogP) is -0.761. The zero-order chi connectivity index (χ0) is 13.7. The van der Waals surface area contributed by atoms with E-state index >= 15 is 0 Å². The fraction of sp³-hybridized carbons (Fsp3) is 0.100. The number of aromatic hydroxyl groups is 1. The minimum absolute atomic E-state index is 0.0938. The van der Waals surface area contributed by atoms with Gasteiger partial charge in [-0.05, 0) is 17.7 Å². The smallest absolute Gasteiger partial charge is 0.307 e. The molecule has 1 aromatic carbocycles. The fourth-order valence-corrected chi connectivity index (χ4v) is 1.22. The molecular weight excluding hydrogens is 238 g/mol. The van der Waals surface area contributed by atoms with Crippen LogP contribution >= 0.6 is 0 Å². The van der Waals surface area contributed by atoms with Crippen molar-refractivity contribution >= 4 is 23.6 Å². The summed E-state index contributed by atoms with van der Waals surface area (Å²) in [5, 5.41) is 18.2. The van der Waals surface area contributed by atoms with E-state index in [0.717, 1.165) is 0 Å². The van der Waals surface area contributed by atoms with Crippen LogP contribution in [0, 0.1) is 0 Å². The fourth-order valence-electron chi connectivity index (χ4n) is 1.22. The second kappa shape index (κ2) is 5.53. The van der Waals surface area contributed by atoms with Crippen molar-refractivity contribution in [2.45, 2.75) is 6.42 Å². The van der Waals surface area contributed by atoms with Gasteiger partial charge in [-0.2, -0.15) is 4.99 Å².